The van der Waals surface area contributed by atoms with Crippen LogP contribution < -0.4 is 4.31 Å². The fourth-order valence-electron chi connectivity index (χ4n) is 2.95. The number of aliphatic hydroxyl groups is 1. The van der Waals surface area contributed by atoms with Gasteiger partial charge in [-0.25, -0.2) is 0 Å². The van der Waals surface area contributed by atoms with Crippen LogP contribution in [0.2, 0.25) is 0 Å². The first kappa shape index (κ1) is 26.5. The van der Waals surface area contributed by atoms with Crippen LogP contribution in [0.4, 0.5) is 10.3 Å². The Morgan fingerprint density at radius 2 is 1.97 bits per heavy atom. The fraction of sp³-hybridized carbons (Fsp3) is 0.435. The van der Waals surface area contributed by atoms with Crippen LogP contribution in [-0.2, 0) is 9.53 Å². The first-order valence-electron chi connectivity index (χ1n) is 10.1. The monoisotopic (exact) mass is 575 g/mol. The molecule has 1 heterocycles. The molecule has 0 aliphatic rings. The number of esters is 1. The number of nitrogens with zero attached hydrogens (tertiary/aromatic N) is 3. The molecule has 9 heteroatoms. The number of aromatic nitrogens is 2. The summed E-state index contributed by atoms with van der Waals surface area (Å²) in [6.07, 6.45) is 4.86. The van der Waals surface area contributed by atoms with Crippen molar-refractivity contribution in [2.24, 2.45) is 0 Å². The van der Waals surface area contributed by atoms with Gasteiger partial charge < -0.3 is 0 Å². The van der Waals surface area contributed by atoms with Crippen LogP contribution in [0.3, 0.4) is 0 Å². The molecule has 0 aliphatic heterocycles. The van der Waals surface area contributed by atoms with Crippen LogP contribution in [0.1, 0.15) is 31.0 Å². The Bertz CT molecular complexity index is 941. The van der Waals surface area contributed by atoms with E-state index < -0.39 is 25.9 Å². The summed E-state index contributed by atoms with van der Waals surface area (Å²) >= 11 is -0.137. The summed E-state index contributed by atoms with van der Waals surface area (Å²) in [7, 11) is 3.27. The van der Waals surface area contributed by atoms with Gasteiger partial charge in [0, 0.05) is 0 Å². The van der Waals surface area contributed by atoms with Gasteiger partial charge in [0.15, 0.2) is 0 Å². The van der Waals surface area contributed by atoms with Gasteiger partial charge in [-0.15, -0.1) is 0 Å². The predicted molar refractivity (Wildman–Crippen MR) is 140 cm³/mol. The number of rotatable bonds is 10. The van der Waals surface area contributed by atoms with Gasteiger partial charge in [-0.2, -0.15) is 0 Å². The van der Waals surface area contributed by atoms with Gasteiger partial charge in [-0.3, -0.25) is 0 Å². The molecule has 0 aliphatic carbocycles. The second kappa shape index (κ2) is 12.5. The quantitative estimate of drug-likeness (QED) is 0.189. The Kier molecular flexibility index (Phi) is 10.4. The number of aliphatic hydroxyl groups excluding tert-OH is 1. The van der Waals surface area contributed by atoms with E-state index >= 15 is 0 Å². The summed E-state index contributed by atoms with van der Waals surface area (Å²) in [6, 6.07) is 6.22. The van der Waals surface area contributed by atoms with Crippen molar-refractivity contribution in [3.8, 4) is 11.3 Å². The molecular formula is C23H31FIN3O3S. The molecule has 32 heavy (non-hydrogen) atoms. The zero-order chi connectivity index (χ0) is 23.8. The molecule has 1 unspecified atom stereocenters. The van der Waals surface area contributed by atoms with E-state index in [9.17, 15) is 14.3 Å². The van der Waals surface area contributed by atoms with Crippen molar-refractivity contribution in [1.82, 2.24) is 9.97 Å². The molecule has 0 saturated heterocycles. The molecule has 1 aromatic carbocycles. The van der Waals surface area contributed by atoms with Crippen molar-refractivity contribution >= 4 is 49.8 Å². The van der Waals surface area contributed by atoms with E-state index in [0.29, 0.717) is 20.5 Å². The maximum atomic E-state index is 13.5. The number of carbonyl (C=O) groups excluding carboxylic acids is 1. The molecule has 0 saturated carbocycles. The van der Waals surface area contributed by atoms with Crippen molar-refractivity contribution in [3.63, 3.8) is 0 Å². The number of alkyl halides is 3. The third-order valence-electron chi connectivity index (χ3n) is 4.65. The van der Waals surface area contributed by atoms with E-state index in [4.69, 9.17) is 14.7 Å². The molecule has 0 spiro atoms. The van der Waals surface area contributed by atoms with E-state index in [0.717, 1.165) is 16.8 Å². The van der Waals surface area contributed by atoms with Gasteiger partial charge in [-0.1, -0.05) is 0 Å². The van der Waals surface area contributed by atoms with Gasteiger partial charge in [0.2, 0.25) is 0 Å². The molecular weight excluding hydrogens is 544 g/mol. The molecule has 176 valence electrons. The van der Waals surface area contributed by atoms with Gasteiger partial charge in [0.1, 0.15) is 0 Å². The number of benzene rings is 1. The van der Waals surface area contributed by atoms with Gasteiger partial charge in [0.05, 0.1) is 0 Å². The van der Waals surface area contributed by atoms with E-state index in [1.54, 1.807) is 18.2 Å². The number of anilines is 1. The molecule has 0 bridgehead atoms. The molecule has 0 amide bonds. The standard InChI is InChI=1S/C23H31FIN3O3S/c1-15(2)21-19(12-11-18(29)13-25(3)14-20(30)31-5)22(16-7-9-17(24)10-8-16)27-23(26-21)28(4)32-6/h7-12,15,18,29H,13-14H2,1-6H3/b12-11+. The Balaban J connectivity index is 2.47. The number of halogens is 2. The Morgan fingerprint density at radius 3 is 2.53 bits per heavy atom. The van der Waals surface area contributed by atoms with Crippen LogP contribution in [0.25, 0.3) is 17.3 Å². The first-order chi connectivity index (χ1) is 15.2. The fourth-order valence-corrected chi connectivity index (χ4v) is 6.72. The van der Waals surface area contributed by atoms with Crippen molar-refractivity contribution in [2.75, 3.05) is 38.5 Å². The average Bonchev–Trinajstić information content (AvgIpc) is 2.76. The topological polar surface area (TPSA) is 75.6 Å². The van der Waals surface area contributed by atoms with E-state index in [-0.39, 0.29) is 17.7 Å². The van der Waals surface area contributed by atoms with E-state index in [1.165, 1.54) is 31.2 Å². The third kappa shape index (κ3) is 7.41. The molecule has 2 rings (SSSR count). The first-order valence-corrected chi connectivity index (χ1v) is 16.5. The van der Waals surface area contributed by atoms with Crippen LogP contribution in [0.5, 0.6) is 0 Å². The molecule has 1 aromatic heterocycles. The normalized spacial score (nSPS) is 12.8. The number of hydrogen-bond donors (Lipinski definition) is 1. The van der Waals surface area contributed by atoms with Crippen molar-refractivity contribution in [1.29, 1.82) is 0 Å². The van der Waals surface area contributed by atoms with Crippen LogP contribution in [0, 0.1) is 5.82 Å². The van der Waals surface area contributed by atoms with E-state index in [1.807, 2.05) is 23.7 Å². The molecule has 1 atom stereocenters. The van der Waals surface area contributed by atoms with Gasteiger partial charge in [-0.05, 0) is 0 Å². The summed E-state index contributed by atoms with van der Waals surface area (Å²) in [5, 5.41) is 10.6. The molecule has 0 radical (unpaired) electrons. The summed E-state index contributed by atoms with van der Waals surface area (Å²) in [5.74, 6) is 0.137. The summed E-state index contributed by atoms with van der Waals surface area (Å²) in [6.45, 7) is 4.11. The number of hydrogen-bond acceptors (Lipinski definition) is 7. The van der Waals surface area contributed by atoms with Crippen LogP contribution in [0.15, 0.2) is 30.3 Å². The maximum absolute atomic E-state index is 13.5. The molecule has 2 aromatic rings. The SMILES string of the molecule is COC(=O)CI(C)CC(O)/C=C/c1c(-c2ccc(F)cc2)nc(N(C)SC)nc1C(C)C. The van der Waals surface area contributed by atoms with Crippen molar-refractivity contribution < 1.29 is 19.0 Å². The predicted octanol–water partition coefficient (Wildman–Crippen LogP) is 4.80. The third-order valence-corrected chi connectivity index (χ3v) is 9.70. The molecule has 6 nitrogen and oxygen atoms in total. The average molecular weight is 575 g/mol. The second-order valence-electron chi connectivity index (χ2n) is 7.53. The van der Waals surface area contributed by atoms with Crippen molar-refractivity contribution in [2.45, 2.75) is 25.9 Å². The summed E-state index contributed by atoms with van der Waals surface area (Å²) in [4.78, 5) is 23.1. The van der Waals surface area contributed by atoms with Crippen LogP contribution in [-0.4, -0.2) is 61.3 Å². The number of ether oxygens (including phenoxy) is 1. The Labute approximate surface area is 201 Å². The summed E-state index contributed by atoms with van der Waals surface area (Å²) < 4.78 is 21.1. The van der Waals surface area contributed by atoms with Crippen LogP contribution >= 0.6 is 31.8 Å². The zero-order valence-corrected chi connectivity index (χ0v) is 22.3. The Morgan fingerprint density at radius 1 is 1.31 bits per heavy atom. The minimum absolute atomic E-state index is 0.108. The minimum atomic E-state index is -1.64. The second-order valence-corrected chi connectivity index (χ2v) is 14.2. The van der Waals surface area contributed by atoms with Crippen molar-refractivity contribution in [3.05, 3.63) is 47.4 Å². The van der Waals surface area contributed by atoms with E-state index in [2.05, 4.69) is 18.8 Å². The van der Waals surface area contributed by atoms with Gasteiger partial charge >= 0.3 is 202 Å². The zero-order valence-electron chi connectivity index (χ0n) is 19.3. The van der Waals surface area contributed by atoms with Gasteiger partial charge in [0.25, 0.3) is 0 Å². The Hall–Kier alpha value is -1.72. The molecule has 0 fully saturated rings. The number of methoxy groups -OCH3 is 1. The molecule has 1 N–H and O–H groups in total. The number of carbonyl (C=O) groups is 1. The summed E-state index contributed by atoms with van der Waals surface area (Å²) in [5.41, 5.74) is 3.10.